The number of methoxy groups -OCH3 is 1. The highest BCUT2D eigenvalue weighted by atomic mass is 16.5. The van der Waals surface area contributed by atoms with Crippen LogP contribution in [0.3, 0.4) is 0 Å². The van der Waals surface area contributed by atoms with Gasteiger partial charge in [0.25, 0.3) is 5.91 Å². The molecule has 6 heteroatoms. The Hall–Kier alpha value is -3.41. The number of aryl methyl sites for hydroxylation is 3. The molecule has 0 unspecified atom stereocenters. The molecular weight excluding hydrogens is 340 g/mol. The van der Waals surface area contributed by atoms with E-state index in [0.29, 0.717) is 23.0 Å². The number of aromatic nitrogens is 2. The summed E-state index contributed by atoms with van der Waals surface area (Å²) in [6.45, 7) is 5.89. The zero-order valence-electron chi connectivity index (χ0n) is 15.8. The molecule has 3 aromatic rings. The first kappa shape index (κ1) is 18.4. The smallest absolute Gasteiger partial charge is 0.274 e. The van der Waals surface area contributed by atoms with Gasteiger partial charge >= 0.3 is 0 Å². The summed E-state index contributed by atoms with van der Waals surface area (Å²) < 4.78 is 5.12. The number of rotatable bonds is 5. The zero-order chi connectivity index (χ0) is 19.4. The average molecular weight is 362 g/mol. The van der Waals surface area contributed by atoms with Gasteiger partial charge in [0.05, 0.1) is 7.11 Å². The molecule has 0 saturated carbocycles. The van der Waals surface area contributed by atoms with Crippen molar-refractivity contribution in [1.29, 1.82) is 0 Å². The molecule has 0 spiro atoms. The normalized spacial score (nSPS) is 10.4. The molecule has 2 N–H and O–H groups in total. The summed E-state index contributed by atoms with van der Waals surface area (Å²) in [5, 5.41) is 6.02. The van der Waals surface area contributed by atoms with Crippen LogP contribution in [0.1, 0.15) is 27.3 Å². The second kappa shape index (κ2) is 7.86. The van der Waals surface area contributed by atoms with E-state index >= 15 is 0 Å². The van der Waals surface area contributed by atoms with Gasteiger partial charge in [-0.25, -0.2) is 9.97 Å². The topological polar surface area (TPSA) is 76.1 Å². The van der Waals surface area contributed by atoms with Gasteiger partial charge in [-0.2, -0.15) is 0 Å². The molecule has 0 saturated heterocycles. The van der Waals surface area contributed by atoms with E-state index in [1.807, 2.05) is 32.9 Å². The van der Waals surface area contributed by atoms with Gasteiger partial charge in [0.2, 0.25) is 5.95 Å². The summed E-state index contributed by atoms with van der Waals surface area (Å²) in [4.78, 5) is 21.3. The Bertz CT molecular complexity index is 948. The SMILES string of the molecule is COc1ccc(NC(=O)c2cc(C)nc(Nc3cc(C)cc(C)c3)n2)cc1. The lowest BCUT2D eigenvalue weighted by Crippen LogP contribution is -2.15. The predicted octanol–water partition coefficient (Wildman–Crippen LogP) is 4.41. The minimum absolute atomic E-state index is 0.296. The number of anilines is 3. The van der Waals surface area contributed by atoms with Gasteiger partial charge in [-0.05, 0) is 74.4 Å². The van der Waals surface area contributed by atoms with Gasteiger partial charge in [-0.1, -0.05) is 6.07 Å². The lowest BCUT2D eigenvalue weighted by molar-refractivity contribution is 0.102. The highest BCUT2D eigenvalue weighted by Crippen LogP contribution is 2.19. The minimum atomic E-state index is -0.297. The lowest BCUT2D eigenvalue weighted by atomic mass is 10.1. The fourth-order valence-electron chi connectivity index (χ4n) is 2.79. The van der Waals surface area contributed by atoms with Gasteiger partial charge in [0.1, 0.15) is 11.4 Å². The number of carbonyl (C=O) groups is 1. The van der Waals surface area contributed by atoms with E-state index in [-0.39, 0.29) is 5.91 Å². The maximum atomic E-state index is 12.6. The Morgan fingerprint density at radius 3 is 2.19 bits per heavy atom. The molecule has 138 valence electrons. The summed E-state index contributed by atoms with van der Waals surface area (Å²) in [5.41, 5.74) is 4.84. The number of carbonyl (C=O) groups excluding carboxylic acids is 1. The summed E-state index contributed by atoms with van der Waals surface area (Å²) in [7, 11) is 1.60. The summed E-state index contributed by atoms with van der Waals surface area (Å²) >= 11 is 0. The maximum Gasteiger partial charge on any atom is 0.274 e. The van der Waals surface area contributed by atoms with Gasteiger partial charge in [0.15, 0.2) is 0 Å². The standard InChI is InChI=1S/C21H22N4O2/c1-13-9-14(2)11-17(10-13)24-21-22-15(3)12-19(25-21)20(26)23-16-5-7-18(27-4)8-6-16/h5-12H,1-4H3,(H,23,26)(H,22,24,25). The Labute approximate surface area is 158 Å². The molecule has 0 fully saturated rings. The fourth-order valence-corrected chi connectivity index (χ4v) is 2.79. The molecular formula is C21H22N4O2. The van der Waals surface area contributed by atoms with Crippen molar-refractivity contribution in [3.8, 4) is 5.75 Å². The fraction of sp³-hybridized carbons (Fsp3) is 0.190. The van der Waals surface area contributed by atoms with Gasteiger partial charge < -0.3 is 15.4 Å². The summed E-state index contributed by atoms with van der Waals surface area (Å²) in [5.74, 6) is 0.819. The van der Waals surface area contributed by atoms with E-state index in [0.717, 1.165) is 22.6 Å². The van der Waals surface area contributed by atoms with Crippen LogP contribution in [0.4, 0.5) is 17.3 Å². The van der Waals surface area contributed by atoms with Gasteiger partial charge in [-0.3, -0.25) is 4.79 Å². The van der Waals surface area contributed by atoms with Crippen molar-refractivity contribution in [1.82, 2.24) is 9.97 Å². The van der Waals surface area contributed by atoms with Crippen molar-refractivity contribution in [2.45, 2.75) is 20.8 Å². The Kier molecular flexibility index (Phi) is 5.35. The first-order valence-electron chi connectivity index (χ1n) is 8.59. The number of nitrogens with one attached hydrogen (secondary N) is 2. The molecule has 6 nitrogen and oxygen atoms in total. The van der Waals surface area contributed by atoms with Crippen LogP contribution in [0.25, 0.3) is 0 Å². The molecule has 0 aliphatic heterocycles. The third-order valence-corrected chi connectivity index (χ3v) is 3.91. The monoisotopic (exact) mass is 362 g/mol. The maximum absolute atomic E-state index is 12.6. The highest BCUT2D eigenvalue weighted by Gasteiger charge is 2.12. The van der Waals surface area contributed by atoms with Crippen molar-refractivity contribution in [3.63, 3.8) is 0 Å². The van der Waals surface area contributed by atoms with E-state index in [4.69, 9.17) is 4.74 Å². The molecule has 1 amide bonds. The first-order chi connectivity index (χ1) is 12.9. The van der Waals surface area contributed by atoms with Crippen LogP contribution in [-0.4, -0.2) is 23.0 Å². The predicted molar refractivity (Wildman–Crippen MR) is 107 cm³/mol. The number of ether oxygens (including phenoxy) is 1. The molecule has 0 bridgehead atoms. The van der Waals surface area contributed by atoms with E-state index < -0.39 is 0 Å². The van der Waals surface area contributed by atoms with Crippen LogP contribution in [0.5, 0.6) is 5.75 Å². The van der Waals surface area contributed by atoms with Crippen LogP contribution in [-0.2, 0) is 0 Å². The number of hydrogen-bond acceptors (Lipinski definition) is 5. The van der Waals surface area contributed by atoms with Crippen LogP contribution < -0.4 is 15.4 Å². The lowest BCUT2D eigenvalue weighted by Gasteiger charge is -2.10. The second-order valence-electron chi connectivity index (χ2n) is 6.40. The molecule has 0 aliphatic carbocycles. The number of amides is 1. The number of nitrogens with zero attached hydrogens (tertiary/aromatic N) is 2. The molecule has 27 heavy (non-hydrogen) atoms. The third-order valence-electron chi connectivity index (χ3n) is 3.91. The van der Waals surface area contributed by atoms with E-state index in [2.05, 4.69) is 26.7 Å². The first-order valence-corrected chi connectivity index (χ1v) is 8.59. The van der Waals surface area contributed by atoms with Crippen molar-refractivity contribution >= 4 is 23.2 Å². The molecule has 1 heterocycles. The Balaban J connectivity index is 1.80. The van der Waals surface area contributed by atoms with Gasteiger partial charge in [-0.15, -0.1) is 0 Å². The molecule has 1 aromatic heterocycles. The van der Waals surface area contributed by atoms with E-state index in [9.17, 15) is 4.79 Å². The molecule has 0 aliphatic rings. The summed E-state index contributed by atoms with van der Waals surface area (Å²) in [6, 6.07) is 14.9. The number of benzene rings is 2. The quantitative estimate of drug-likeness (QED) is 0.703. The van der Waals surface area contributed by atoms with E-state index in [1.54, 1.807) is 37.4 Å². The number of hydrogen-bond donors (Lipinski definition) is 2. The van der Waals surface area contributed by atoms with Crippen LogP contribution in [0.15, 0.2) is 48.5 Å². The Morgan fingerprint density at radius 2 is 1.56 bits per heavy atom. The molecule has 3 rings (SSSR count). The Morgan fingerprint density at radius 1 is 0.889 bits per heavy atom. The van der Waals surface area contributed by atoms with E-state index in [1.165, 1.54) is 0 Å². The summed E-state index contributed by atoms with van der Waals surface area (Å²) in [6.07, 6.45) is 0. The van der Waals surface area contributed by atoms with Crippen molar-refractivity contribution in [2.24, 2.45) is 0 Å². The third kappa shape index (κ3) is 4.82. The van der Waals surface area contributed by atoms with Crippen molar-refractivity contribution in [2.75, 3.05) is 17.7 Å². The second-order valence-corrected chi connectivity index (χ2v) is 6.40. The largest absolute Gasteiger partial charge is 0.497 e. The minimum Gasteiger partial charge on any atom is -0.497 e. The van der Waals surface area contributed by atoms with Crippen LogP contribution in [0.2, 0.25) is 0 Å². The van der Waals surface area contributed by atoms with Crippen molar-refractivity contribution in [3.05, 3.63) is 71.0 Å². The molecule has 0 atom stereocenters. The van der Waals surface area contributed by atoms with Gasteiger partial charge in [0, 0.05) is 17.1 Å². The zero-order valence-corrected chi connectivity index (χ0v) is 15.8. The average Bonchev–Trinajstić information content (AvgIpc) is 2.61. The van der Waals surface area contributed by atoms with Crippen LogP contribution >= 0.6 is 0 Å². The highest BCUT2D eigenvalue weighted by molar-refractivity contribution is 6.03. The van der Waals surface area contributed by atoms with Crippen molar-refractivity contribution < 1.29 is 9.53 Å². The molecule has 0 radical (unpaired) electrons. The van der Waals surface area contributed by atoms with Crippen LogP contribution in [0, 0.1) is 20.8 Å². The molecule has 2 aromatic carbocycles.